The van der Waals surface area contributed by atoms with Gasteiger partial charge in [-0.15, -0.1) is 0 Å². The molecule has 0 radical (unpaired) electrons. The zero-order valence-corrected chi connectivity index (χ0v) is 14.9. The van der Waals surface area contributed by atoms with Crippen molar-refractivity contribution in [3.63, 3.8) is 0 Å². The summed E-state index contributed by atoms with van der Waals surface area (Å²) in [4.78, 5) is 11.6. The summed E-state index contributed by atoms with van der Waals surface area (Å²) in [5.74, 6) is 0.633. The predicted molar refractivity (Wildman–Crippen MR) is 98.3 cm³/mol. The van der Waals surface area contributed by atoms with Crippen LogP contribution in [0, 0.1) is 5.92 Å². The van der Waals surface area contributed by atoms with Crippen molar-refractivity contribution in [2.75, 3.05) is 12.4 Å². The molecule has 1 aliphatic carbocycles. The Bertz CT molecular complexity index is 813. The highest BCUT2D eigenvalue weighted by atomic mass is 79.9. The van der Waals surface area contributed by atoms with Crippen molar-refractivity contribution in [3.8, 4) is 0 Å². The lowest BCUT2D eigenvalue weighted by molar-refractivity contribution is 0.0600. The summed E-state index contributed by atoms with van der Waals surface area (Å²) in [6.45, 7) is 0. The number of carbonyl (C=O) groups is 1. The second-order valence-corrected chi connectivity index (χ2v) is 7.24. The van der Waals surface area contributed by atoms with Crippen LogP contribution in [0.4, 0.5) is 5.69 Å². The van der Waals surface area contributed by atoms with Crippen molar-refractivity contribution in [1.82, 2.24) is 0 Å². The number of nitrogens with one attached hydrogen (secondary N) is 1. The first-order valence-corrected chi connectivity index (χ1v) is 8.87. The maximum absolute atomic E-state index is 11.6. The summed E-state index contributed by atoms with van der Waals surface area (Å²) >= 11 is 3.58. The molecule has 4 heteroatoms. The summed E-state index contributed by atoms with van der Waals surface area (Å²) < 4.78 is 5.89. The van der Waals surface area contributed by atoms with Crippen molar-refractivity contribution in [1.29, 1.82) is 0 Å². The van der Waals surface area contributed by atoms with E-state index in [-0.39, 0.29) is 12.0 Å². The highest BCUT2D eigenvalue weighted by Crippen LogP contribution is 2.50. The van der Waals surface area contributed by atoms with E-state index in [1.807, 2.05) is 24.3 Å². The van der Waals surface area contributed by atoms with Gasteiger partial charge < -0.3 is 10.1 Å². The highest BCUT2D eigenvalue weighted by Gasteiger charge is 2.37. The third kappa shape index (κ3) is 2.55. The lowest BCUT2D eigenvalue weighted by Gasteiger charge is -2.37. The Kier molecular flexibility index (Phi) is 3.93. The Labute approximate surface area is 149 Å². The van der Waals surface area contributed by atoms with Crippen LogP contribution in [-0.4, -0.2) is 13.1 Å². The highest BCUT2D eigenvalue weighted by molar-refractivity contribution is 9.10. The minimum absolute atomic E-state index is 0.241. The molecular weight excluding hydrogens is 366 g/mol. The molecule has 0 amide bonds. The van der Waals surface area contributed by atoms with Gasteiger partial charge in [0.1, 0.15) is 0 Å². The number of hydrogen-bond acceptors (Lipinski definition) is 3. The van der Waals surface area contributed by atoms with E-state index >= 15 is 0 Å². The normalized spacial score (nSPS) is 24.0. The number of fused-ring (bicyclic) bond motifs is 3. The Morgan fingerprint density at radius 2 is 2.00 bits per heavy atom. The average molecular weight is 384 g/mol. The van der Waals surface area contributed by atoms with Crippen LogP contribution >= 0.6 is 15.9 Å². The molecular formula is C20H18BrNO2. The molecule has 0 saturated heterocycles. The number of methoxy groups -OCH3 is 1. The molecule has 0 aromatic heterocycles. The molecule has 122 valence electrons. The van der Waals surface area contributed by atoms with E-state index in [0.29, 0.717) is 17.4 Å². The predicted octanol–water partition coefficient (Wildman–Crippen LogP) is 5.06. The van der Waals surface area contributed by atoms with Crippen LogP contribution in [0.15, 0.2) is 59.1 Å². The summed E-state index contributed by atoms with van der Waals surface area (Å²) in [5.41, 5.74) is 4.33. The molecule has 1 heterocycles. The monoisotopic (exact) mass is 383 g/mol. The molecule has 2 aliphatic rings. The van der Waals surface area contributed by atoms with E-state index in [0.717, 1.165) is 10.9 Å². The van der Waals surface area contributed by atoms with Crippen molar-refractivity contribution in [2.45, 2.75) is 18.4 Å². The maximum atomic E-state index is 11.6. The standard InChI is InChI=1S/C20H18BrNO2/c1-24-20(23)13-7-5-12(6-8-13)19-16-4-2-3-15(16)17-11-14(21)9-10-18(17)22-19/h2-3,5-11,15-16,19,22H,4H2,1H3/t15-,16-,19-/m0/s1. The van der Waals surface area contributed by atoms with E-state index in [2.05, 4.69) is 51.6 Å². The minimum Gasteiger partial charge on any atom is -0.465 e. The Morgan fingerprint density at radius 1 is 1.21 bits per heavy atom. The third-order valence-corrected chi connectivity index (χ3v) is 5.51. The van der Waals surface area contributed by atoms with Gasteiger partial charge in [0.15, 0.2) is 0 Å². The first-order valence-electron chi connectivity index (χ1n) is 8.08. The molecule has 0 fully saturated rings. The van der Waals surface area contributed by atoms with Crippen LogP contribution in [0.25, 0.3) is 0 Å². The summed E-state index contributed by atoms with van der Waals surface area (Å²) in [6, 6.07) is 14.4. The first-order chi connectivity index (χ1) is 11.7. The molecule has 0 bridgehead atoms. The number of halogens is 1. The largest absolute Gasteiger partial charge is 0.465 e. The molecule has 1 N–H and O–H groups in total. The van der Waals surface area contributed by atoms with Gasteiger partial charge in [0.05, 0.1) is 18.7 Å². The molecule has 0 unspecified atom stereocenters. The average Bonchev–Trinajstić information content (AvgIpc) is 3.11. The Balaban J connectivity index is 1.69. The molecule has 3 atom stereocenters. The zero-order valence-electron chi connectivity index (χ0n) is 13.3. The third-order valence-electron chi connectivity index (χ3n) is 5.02. The van der Waals surface area contributed by atoms with E-state index < -0.39 is 0 Å². The fourth-order valence-corrected chi connectivity index (χ4v) is 4.22. The molecule has 24 heavy (non-hydrogen) atoms. The minimum atomic E-state index is -0.297. The van der Waals surface area contributed by atoms with Gasteiger partial charge >= 0.3 is 5.97 Å². The first kappa shape index (κ1) is 15.5. The zero-order chi connectivity index (χ0) is 16.7. The van der Waals surface area contributed by atoms with Gasteiger partial charge in [0, 0.05) is 16.1 Å². The quantitative estimate of drug-likeness (QED) is 0.581. The molecule has 2 aromatic rings. The van der Waals surface area contributed by atoms with Crippen molar-refractivity contribution < 1.29 is 9.53 Å². The van der Waals surface area contributed by atoms with Crippen molar-refractivity contribution in [2.24, 2.45) is 5.92 Å². The number of rotatable bonds is 2. The number of ether oxygens (including phenoxy) is 1. The van der Waals surface area contributed by atoms with Gasteiger partial charge in [-0.1, -0.05) is 40.2 Å². The van der Waals surface area contributed by atoms with E-state index in [1.54, 1.807) is 0 Å². The summed E-state index contributed by atoms with van der Waals surface area (Å²) in [5, 5.41) is 3.70. The molecule has 4 rings (SSSR count). The second-order valence-electron chi connectivity index (χ2n) is 6.32. The lowest BCUT2D eigenvalue weighted by Crippen LogP contribution is -2.29. The number of esters is 1. The maximum Gasteiger partial charge on any atom is 0.337 e. The van der Waals surface area contributed by atoms with Gasteiger partial charge in [-0.2, -0.15) is 0 Å². The molecule has 2 aromatic carbocycles. The van der Waals surface area contributed by atoms with E-state index in [1.165, 1.54) is 23.9 Å². The topological polar surface area (TPSA) is 38.3 Å². The molecule has 1 aliphatic heterocycles. The number of carbonyl (C=O) groups excluding carboxylic acids is 1. The Hall–Kier alpha value is -2.07. The van der Waals surface area contributed by atoms with Gasteiger partial charge in [0.2, 0.25) is 0 Å². The van der Waals surface area contributed by atoms with Crippen LogP contribution in [0.5, 0.6) is 0 Å². The molecule has 0 saturated carbocycles. The van der Waals surface area contributed by atoms with E-state index in [4.69, 9.17) is 4.74 Å². The summed E-state index contributed by atoms with van der Waals surface area (Å²) in [7, 11) is 1.41. The van der Waals surface area contributed by atoms with Gasteiger partial charge in [0.25, 0.3) is 0 Å². The lowest BCUT2D eigenvalue weighted by atomic mass is 9.77. The Morgan fingerprint density at radius 3 is 2.75 bits per heavy atom. The number of allylic oxidation sites excluding steroid dienone is 2. The smallest absolute Gasteiger partial charge is 0.337 e. The van der Waals surface area contributed by atoms with Gasteiger partial charge in [-0.25, -0.2) is 4.79 Å². The molecule has 3 nitrogen and oxygen atoms in total. The molecule has 0 spiro atoms. The number of hydrogen-bond donors (Lipinski definition) is 1. The van der Waals surface area contributed by atoms with Crippen LogP contribution in [0.2, 0.25) is 0 Å². The van der Waals surface area contributed by atoms with Crippen LogP contribution in [0.1, 0.15) is 39.9 Å². The van der Waals surface area contributed by atoms with Crippen LogP contribution in [0.3, 0.4) is 0 Å². The number of anilines is 1. The fraction of sp³-hybridized carbons (Fsp3) is 0.250. The SMILES string of the molecule is COC(=O)c1ccc([C@@H]2Nc3ccc(Br)cc3[C@H]3C=CC[C@@H]32)cc1. The van der Waals surface area contributed by atoms with Gasteiger partial charge in [-0.3, -0.25) is 0 Å². The number of benzene rings is 2. The summed E-state index contributed by atoms with van der Waals surface area (Å²) in [6.07, 6.45) is 5.67. The van der Waals surface area contributed by atoms with Crippen molar-refractivity contribution >= 4 is 27.6 Å². The van der Waals surface area contributed by atoms with Crippen LogP contribution in [-0.2, 0) is 4.74 Å². The van der Waals surface area contributed by atoms with Gasteiger partial charge in [-0.05, 0) is 53.8 Å². The van der Waals surface area contributed by atoms with Crippen molar-refractivity contribution in [3.05, 3.63) is 75.8 Å². The fourth-order valence-electron chi connectivity index (χ4n) is 3.84. The van der Waals surface area contributed by atoms with Crippen LogP contribution < -0.4 is 5.32 Å². The van der Waals surface area contributed by atoms with E-state index in [9.17, 15) is 4.79 Å². The second kappa shape index (κ2) is 6.10.